The summed E-state index contributed by atoms with van der Waals surface area (Å²) in [6, 6.07) is 19.2. The lowest BCUT2D eigenvalue weighted by molar-refractivity contribution is 0.503. The lowest BCUT2D eigenvalue weighted by Crippen LogP contribution is -2.34. The molecule has 0 spiro atoms. The number of nitrogens with one attached hydrogen (secondary N) is 2. The Kier molecular flexibility index (Phi) is 4.36. The van der Waals surface area contributed by atoms with Gasteiger partial charge in [0.05, 0.1) is 0 Å². The Hall–Kier alpha value is -1.35. The zero-order chi connectivity index (χ0) is 13.8. The molecule has 0 saturated carbocycles. The van der Waals surface area contributed by atoms with Crippen LogP contribution in [0.2, 0.25) is 5.02 Å². The van der Waals surface area contributed by atoms with E-state index in [0.717, 1.165) is 24.7 Å². The van der Waals surface area contributed by atoms with E-state index in [2.05, 4.69) is 53.1 Å². The minimum Gasteiger partial charge on any atom is -0.314 e. The first kappa shape index (κ1) is 13.6. The number of halogens is 1. The molecule has 104 valence electrons. The van der Waals surface area contributed by atoms with Crippen molar-refractivity contribution >= 4 is 11.6 Å². The highest BCUT2D eigenvalue weighted by atomic mass is 35.5. The van der Waals surface area contributed by atoms with Gasteiger partial charge in [0.25, 0.3) is 0 Å². The van der Waals surface area contributed by atoms with E-state index in [0.29, 0.717) is 12.0 Å². The van der Waals surface area contributed by atoms with Gasteiger partial charge >= 0.3 is 0 Å². The molecule has 2 aromatic rings. The number of rotatable bonds is 4. The molecule has 1 aliphatic rings. The third-order valence-electron chi connectivity index (χ3n) is 3.92. The predicted molar refractivity (Wildman–Crippen MR) is 84.1 cm³/mol. The predicted octanol–water partition coefficient (Wildman–Crippen LogP) is 3.19. The second-order valence-corrected chi connectivity index (χ2v) is 5.73. The van der Waals surface area contributed by atoms with Gasteiger partial charge in [-0.05, 0) is 23.3 Å². The van der Waals surface area contributed by atoms with Crippen LogP contribution < -0.4 is 10.6 Å². The van der Waals surface area contributed by atoms with Crippen molar-refractivity contribution in [1.82, 2.24) is 10.6 Å². The summed E-state index contributed by atoms with van der Waals surface area (Å²) in [5.74, 6) is 0.510. The summed E-state index contributed by atoms with van der Waals surface area (Å²) in [7, 11) is 0. The van der Waals surface area contributed by atoms with E-state index < -0.39 is 0 Å². The summed E-state index contributed by atoms with van der Waals surface area (Å²) < 4.78 is 0. The van der Waals surface area contributed by atoms with Crippen molar-refractivity contribution < 1.29 is 0 Å². The van der Waals surface area contributed by atoms with E-state index in [1.807, 2.05) is 12.1 Å². The van der Waals surface area contributed by atoms with E-state index in [4.69, 9.17) is 11.6 Å². The summed E-state index contributed by atoms with van der Waals surface area (Å²) in [6.45, 7) is 2.95. The molecule has 0 radical (unpaired) electrons. The fourth-order valence-electron chi connectivity index (χ4n) is 2.80. The van der Waals surface area contributed by atoms with Crippen molar-refractivity contribution in [3.63, 3.8) is 0 Å². The smallest absolute Gasteiger partial charge is 0.0406 e. The van der Waals surface area contributed by atoms with Crippen LogP contribution >= 0.6 is 11.6 Å². The fraction of sp³-hybridized carbons (Fsp3) is 0.294. The van der Waals surface area contributed by atoms with Crippen LogP contribution in [0.1, 0.15) is 17.0 Å². The Morgan fingerprint density at radius 3 is 2.50 bits per heavy atom. The molecule has 2 atom stereocenters. The molecule has 1 saturated heterocycles. The first-order valence-corrected chi connectivity index (χ1v) is 7.44. The van der Waals surface area contributed by atoms with Gasteiger partial charge in [0.1, 0.15) is 0 Å². The van der Waals surface area contributed by atoms with E-state index in [9.17, 15) is 0 Å². The minimum atomic E-state index is 0.469. The van der Waals surface area contributed by atoms with Gasteiger partial charge in [0, 0.05) is 36.6 Å². The molecule has 3 heteroatoms. The topological polar surface area (TPSA) is 24.1 Å². The quantitative estimate of drug-likeness (QED) is 0.902. The minimum absolute atomic E-state index is 0.469. The lowest BCUT2D eigenvalue weighted by atomic mass is 9.94. The Morgan fingerprint density at radius 1 is 1.00 bits per heavy atom. The number of hydrogen-bond acceptors (Lipinski definition) is 2. The molecule has 2 nitrogen and oxygen atoms in total. The summed E-state index contributed by atoms with van der Waals surface area (Å²) >= 11 is 5.96. The molecule has 3 rings (SSSR count). The molecule has 2 N–H and O–H groups in total. The molecular weight excluding hydrogens is 268 g/mol. The molecule has 20 heavy (non-hydrogen) atoms. The third-order valence-corrected chi connectivity index (χ3v) is 4.18. The van der Waals surface area contributed by atoms with Gasteiger partial charge in [-0.15, -0.1) is 0 Å². The number of benzene rings is 2. The molecule has 0 aliphatic carbocycles. The maximum Gasteiger partial charge on any atom is 0.0406 e. The summed E-state index contributed by atoms with van der Waals surface area (Å²) in [4.78, 5) is 0. The highest BCUT2D eigenvalue weighted by Gasteiger charge is 2.27. The van der Waals surface area contributed by atoms with E-state index >= 15 is 0 Å². The van der Waals surface area contributed by atoms with Crippen molar-refractivity contribution in [1.29, 1.82) is 0 Å². The maximum atomic E-state index is 5.96. The summed E-state index contributed by atoms with van der Waals surface area (Å²) in [5.41, 5.74) is 2.68. The SMILES string of the molecule is Clc1ccc([C@@H]2CNC[C@H]2NCc2ccccc2)cc1. The van der Waals surface area contributed by atoms with Gasteiger partial charge in [-0.1, -0.05) is 54.1 Å². The van der Waals surface area contributed by atoms with Crippen molar-refractivity contribution in [3.05, 3.63) is 70.7 Å². The Labute approximate surface area is 125 Å². The molecule has 1 fully saturated rings. The molecule has 1 aliphatic heterocycles. The van der Waals surface area contributed by atoms with Gasteiger partial charge < -0.3 is 10.6 Å². The second kappa shape index (κ2) is 6.40. The second-order valence-electron chi connectivity index (χ2n) is 5.29. The van der Waals surface area contributed by atoms with Gasteiger partial charge in [0.15, 0.2) is 0 Å². The molecule has 2 aromatic carbocycles. The summed E-state index contributed by atoms with van der Waals surface area (Å²) in [6.07, 6.45) is 0. The average Bonchev–Trinajstić information content (AvgIpc) is 2.95. The highest BCUT2D eigenvalue weighted by Crippen LogP contribution is 2.24. The Balaban J connectivity index is 1.65. The van der Waals surface area contributed by atoms with Crippen molar-refractivity contribution in [2.75, 3.05) is 13.1 Å². The van der Waals surface area contributed by atoms with Crippen LogP contribution in [0.3, 0.4) is 0 Å². The summed E-state index contributed by atoms with van der Waals surface area (Å²) in [5, 5.41) is 7.94. The van der Waals surface area contributed by atoms with Crippen molar-refractivity contribution in [2.24, 2.45) is 0 Å². The standard InChI is InChI=1S/C17H19ClN2/c18-15-8-6-14(7-9-15)16-11-19-12-17(16)20-10-13-4-2-1-3-5-13/h1-9,16-17,19-20H,10-12H2/t16-,17+/m0/s1. The third kappa shape index (κ3) is 3.21. The molecule has 0 bridgehead atoms. The van der Waals surface area contributed by atoms with Gasteiger partial charge in [-0.2, -0.15) is 0 Å². The van der Waals surface area contributed by atoms with Gasteiger partial charge in [0.2, 0.25) is 0 Å². The average molecular weight is 287 g/mol. The first-order chi connectivity index (χ1) is 9.83. The molecule has 0 aromatic heterocycles. The lowest BCUT2D eigenvalue weighted by Gasteiger charge is -2.20. The van der Waals surface area contributed by atoms with Crippen LogP contribution in [0.5, 0.6) is 0 Å². The van der Waals surface area contributed by atoms with Crippen LogP contribution in [0.25, 0.3) is 0 Å². The maximum absolute atomic E-state index is 5.96. The normalized spacial score (nSPS) is 22.1. The molecule has 0 amide bonds. The zero-order valence-corrected chi connectivity index (χ0v) is 12.1. The van der Waals surface area contributed by atoms with Crippen molar-refractivity contribution in [3.8, 4) is 0 Å². The largest absolute Gasteiger partial charge is 0.314 e. The van der Waals surface area contributed by atoms with Crippen molar-refractivity contribution in [2.45, 2.75) is 18.5 Å². The van der Waals surface area contributed by atoms with Crippen LogP contribution in [0.4, 0.5) is 0 Å². The van der Waals surface area contributed by atoms with Crippen LogP contribution in [0, 0.1) is 0 Å². The van der Waals surface area contributed by atoms with Gasteiger partial charge in [-0.25, -0.2) is 0 Å². The first-order valence-electron chi connectivity index (χ1n) is 7.06. The van der Waals surface area contributed by atoms with Crippen LogP contribution in [-0.4, -0.2) is 19.1 Å². The Morgan fingerprint density at radius 2 is 1.75 bits per heavy atom. The number of hydrogen-bond donors (Lipinski definition) is 2. The highest BCUT2D eigenvalue weighted by molar-refractivity contribution is 6.30. The zero-order valence-electron chi connectivity index (χ0n) is 11.4. The van der Waals surface area contributed by atoms with E-state index in [1.54, 1.807) is 0 Å². The van der Waals surface area contributed by atoms with Gasteiger partial charge in [-0.3, -0.25) is 0 Å². The Bertz CT molecular complexity index is 539. The van der Waals surface area contributed by atoms with E-state index in [1.165, 1.54) is 11.1 Å². The van der Waals surface area contributed by atoms with Crippen LogP contribution in [0.15, 0.2) is 54.6 Å². The van der Waals surface area contributed by atoms with E-state index in [-0.39, 0.29) is 0 Å². The molecule has 1 heterocycles. The fourth-order valence-corrected chi connectivity index (χ4v) is 2.92. The monoisotopic (exact) mass is 286 g/mol. The van der Waals surface area contributed by atoms with Crippen LogP contribution in [-0.2, 0) is 6.54 Å². The molecule has 0 unspecified atom stereocenters. The molecular formula is C17H19ClN2.